The van der Waals surface area contributed by atoms with Crippen molar-refractivity contribution in [3.63, 3.8) is 0 Å². The highest BCUT2D eigenvalue weighted by molar-refractivity contribution is 5.27. The van der Waals surface area contributed by atoms with Crippen molar-refractivity contribution in [1.82, 2.24) is 0 Å². The summed E-state index contributed by atoms with van der Waals surface area (Å²) in [6, 6.07) is 4.03. The molecule has 0 aliphatic heterocycles. The third kappa shape index (κ3) is 1.84. The average Bonchev–Trinajstić information content (AvgIpc) is 2.26. The van der Waals surface area contributed by atoms with Crippen LogP contribution in [0.5, 0.6) is 0 Å². The lowest BCUT2D eigenvalue weighted by Crippen LogP contribution is -2.45. The van der Waals surface area contributed by atoms with Gasteiger partial charge < -0.3 is 5.73 Å². The van der Waals surface area contributed by atoms with Crippen molar-refractivity contribution >= 4 is 0 Å². The molecule has 0 amide bonds. The molecule has 88 valence electrons. The lowest BCUT2D eigenvalue weighted by Gasteiger charge is -2.40. The maximum Gasteiger partial charge on any atom is 0.159 e. The van der Waals surface area contributed by atoms with Crippen LogP contribution >= 0.6 is 0 Å². The van der Waals surface area contributed by atoms with Crippen molar-refractivity contribution in [2.45, 2.75) is 38.1 Å². The van der Waals surface area contributed by atoms with E-state index < -0.39 is 17.2 Å². The van der Waals surface area contributed by atoms with Gasteiger partial charge in [0.25, 0.3) is 0 Å². The van der Waals surface area contributed by atoms with Crippen LogP contribution in [0.15, 0.2) is 18.2 Å². The monoisotopic (exact) mass is 225 g/mol. The highest BCUT2D eigenvalue weighted by atomic mass is 19.2. The molecule has 0 bridgehead atoms. The van der Waals surface area contributed by atoms with Crippen molar-refractivity contribution in [1.29, 1.82) is 0 Å². The van der Waals surface area contributed by atoms with Crippen LogP contribution in [-0.2, 0) is 5.54 Å². The van der Waals surface area contributed by atoms with Gasteiger partial charge in [-0.2, -0.15) is 0 Å². The fraction of sp³-hybridized carbons (Fsp3) is 0.538. The van der Waals surface area contributed by atoms with Crippen LogP contribution in [0.4, 0.5) is 8.78 Å². The molecule has 0 aromatic heterocycles. The highest BCUT2D eigenvalue weighted by Gasteiger charge is 2.36. The zero-order chi connectivity index (χ0) is 11.8. The zero-order valence-corrected chi connectivity index (χ0v) is 9.47. The lowest BCUT2D eigenvalue weighted by atomic mass is 9.70. The van der Waals surface area contributed by atoms with Gasteiger partial charge in [0, 0.05) is 5.54 Å². The predicted octanol–water partition coefficient (Wildman–Crippen LogP) is 3.33. The fourth-order valence-corrected chi connectivity index (χ4v) is 2.59. The van der Waals surface area contributed by atoms with Gasteiger partial charge >= 0.3 is 0 Å². The molecule has 0 spiro atoms. The van der Waals surface area contributed by atoms with Crippen LogP contribution in [0, 0.1) is 17.6 Å². The Kier molecular flexibility index (Phi) is 2.98. The van der Waals surface area contributed by atoms with E-state index in [1.54, 1.807) is 6.07 Å². The number of benzene rings is 1. The predicted molar refractivity (Wildman–Crippen MR) is 59.9 cm³/mol. The Balaban J connectivity index is 2.37. The summed E-state index contributed by atoms with van der Waals surface area (Å²) in [5.74, 6) is -1.30. The molecule has 1 saturated carbocycles. The smallest absolute Gasteiger partial charge is 0.159 e. The molecule has 0 heterocycles. The molecule has 2 rings (SSSR count). The van der Waals surface area contributed by atoms with E-state index in [2.05, 4.69) is 6.92 Å². The molecule has 16 heavy (non-hydrogen) atoms. The Morgan fingerprint density at radius 1 is 1.25 bits per heavy atom. The summed E-state index contributed by atoms with van der Waals surface area (Å²) in [6.45, 7) is 2.08. The van der Waals surface area contributed by atoms with Gasteiger partial charge in [-0.25, -0.2) is 8.78 Å². The van der Waals surface area contributed by atoms with Gasteiger partial charge in [-0.3, -0.25) is 0 Å². The summed E-state index contributed by atoms with van der Waals surface area (Å²) in [4.78, 5) is 0. The highest BCUT2D eigenvalue weighted by Crippen LogP contribution is 2.39. The van der Waals surface area contributed by atoms with Crippen LogP contribution in [-0.4, -0.2) is 0 Å². The zero-order valence-electron chi connectivity index (χ0n) is 9.47. The second kappa shape index (κ2) is 4.13. The maximum atomic E-state index is 13.2. The normalized spacial score (nSPS) is 30.4. The largest absolute Gasteiger partial charge is 0.321 e. The fourth-order valence-electron chi connectivity index (χ4n) is 2.59. The summed E-state index contributed by atoms with van der Waals surface area (Å²) in [7, 11) is 0. The molecule has 2 unspecified atom stereocenters. The molecule has 0 radical (unpaired) electrons. The molecule has 1 aromatic carbocycles. The first-order valence-corrected chi connectivity index (χ1v) is 5.78. The van der Waals surface area contributed by atoms with E-state index in [0.717, 1.165) is 24.8 Å². The van der Waals surface area contributed by atoms with Crippen LogP contribution in [0.3, 0.4) is 0 Å². The van der Waals surface area contributed by atoms with Gasteiger partial charge in [0.15, 0.2) is 11.6 Å². The minimum Gasteiger partial charge on any atom is -0.321 e. The van der Waals surface area contributed by atoms with Crippen molar-refractivity contribution < 1.29 is 8.78 Å². The summed E-state index contributed by atoms with van der Waals surface area (Å²) < 4.78 is 26.1. The lowest BCUT2D eigenvalue weighted by molar-refractivity contribution is 0.206. The van der Waals surface area contributed by atoms with E-state index in [1.165, 1.54) is 18.6 Å². The van der Waals surface area contributed by atoms with Gasteiger partial charge in [0.05, 0.1) is 0 Å². The quantitative estimate of drug-likeness (QED) is 0.779. The average molecular weight is 225 g/mol. The topological polar surface area (TPSA) is 26.0 Å². The van der Waals surface area contributed by atoms with E-state index >= 15 is 0 Å². The van der Waals surface area contributed by atoms with Gasteiger partial charge in [-0.15, -0.1) is 0 Å². The molecule has 2 N–H and O–H groups in total. The Labute approximate surface area is 94.7 Å². The molecular weight excluding hydrogens is 208 g/mol. The van der Waals surface area contributed by atoms with Gasteiger partial charge in [0.2, 0.25) is 0 Å². The number of halogens is 2. The second-order valence-electron chi connectivity index (χ2n) is 4.82. The van der Waals surface area contributed by atoms with Gasteiger partial charge in [-0.05, 0) is 36.5 Å². The molecule has 0 saturated heterocycles. The van der Waals surface area contributed by atoms with Gasteiger partial charge in [-0.1, -0.05) is 25.8 Å². The molecule has 1 aliphatic rings. The summed E-state index contributed by atoms with van der Waals surface area (Å²) in [5, 5.41) is 0. The number of rotatable bonds is 1. The van der Waals surface area contributed by atoms with Gasteiger partial charge in [0.1, 0.15) is 0 Å². The Hall–Kier alpha value is -0.960. The van der Waals surface area contributed by atoms with E-state index in [-0.39, 0.29) is 0 Å². The molecular formula is C13H17F2N. The van der Waals surface area contributed by atoms with Crippen LogP contribution in [0.25, 0.3) is 0 Å². The van der Waals surface area contributed by atoms with E-state index in [0.29, 0.717) is 5.92 Å². The van der Waals surface area contributed by atoms with Crippen molar-refractivity contribution in [2.24, 2.45) is 11.7 Å². The van der Waals surface area contributed by atoms with Crippen LogP contribution < -0.4 is 5.73 Å². The Morgan fingerprint density at radius 2 is 2.00 bits per heavy atom. The minimum atomic E-state index is -0.809. The minimum absolute atomic E-state index is 0.311. The summed E-state index contributed by atoms with van der Waals surface area (Å²) >= 11 is 0. The number of hydrogen-bond acceptors (Lipinski definition) is 1. The molecule has 1 fully saturated rings. The Bertz CT molecular complexity index is 392. The maximum absolute atomic E-state index is 13.2. The van der Waals surface area contributed by atoms with Crippen molar-refractivity contribution in [3.05, 3.63) is 35.4 Å². The molecule has 1 nitrogen and oxygen atoms in total. The molecule has 1 aromatic rings. The van der Waals surface area contributed by atoms with Crippen LogP contribution in [0.1, 0.15) is 38.2 Å². The Morgan fingerprint density at radius 3 is 2.62 bits per heavy atom. The standard InChI is InChI=1S/C13H17F2N/c1-9-4-2-3-7-13(9,16)10-5-6-11(14)12(15)8-10/h5-6,8-9H,2-4,7,16H2,1H3. The second-order valence-corrected chi connectivity index (χ2v) is 4.82. The molecule has 2 atom stereocenters. The van der Waals surface area contributed by atoms with E-state index in [4.69, 9.17) is 5.73 Å². The molecule has 1 aliphatic carbocycles. The van der Waals surface area contributed by atoms with Crippen LogP contribution in [0.2, 0.25) is 0 Å². The first-order chi connectivity index (χ1) is 7.54. The number of hydrogen-bond donors (Lipinski definition) is 1. The van der Waals surface area contributed by atoms with Crippen molar-refractivity contribution in [3.8, 4) is 0 Å². The molecule has 3 heteroatoms. The first kappa shape index (κ1) is 11.5. The van der Waals surface area contributed by atoms with E-state index in [1.807, 2.05) is 0 Å². The summed E-state index contributed by atoms with van der Waals surface area (Å²) in [5.41, 5.74) is 6.58. The number of nitrogens with two attached hydrogens (primary N) is 1. The summed E-state index contributed by atoms with van der Waals surface area (Å²) in [6.07, 6.45) is 4.12. The third-order valence-corrected chi connectivity index (χ3v) is 3.81. The third-order valence-electron chi connectivity index (χ3n) is 3.81. The SMILES string of the molecule is CC1CCCCC1(N)c1ccc(F)c(F)c1. The van der Waals surface area contributed by atoms with Crippen molar-refractivity contribution in [2.75, 3.05) is 0 Å². The first-order valence-electron chi connectivity index (χ1n) is 5.78. The van der Waals surface area contributed by atoms with E-state index in [9.17, 15) is 8.78 Å².